The highest BCUT2D eigenvalue weighted by Gasteiger charge is 2.26. The first-order chi connectivity index (χ1) is 12.0. The fraction of sp³-hybridized carbons (Fsp3) is 0.500. The number of methoxy groups -OCH3 is 1. The monoisotopic (exact) mass is 349 g/mol. The first-order valence-electron chi connectivity index (χ1n) is 8.43. The van der Waals surface area contributed by atoms with Gasteiger partial charge in [0.1, 0.15) is 24.3 Å². The van der Waals surface area contributed by atoms with Crippen molar-refractivity contribution in [1.82, 2.24) is 9.78 Å². The molecule has 1 aromatic carbocycles. The molecular weight excluding hydrogens is 322 g/mol. The number of hydrogen-bond acceptors (Lipinski definition) is 6. The molecule has 0 bridgehead atoms. The van der Waals surface area contributed by atoms with Crippen molar-refractivity contribution in [1.29, 1.82) is 0 Å². The smallest absolute Gasteiger partial charge is 0.148 e. The van der Waals surface area contributed by atoms with E-state index in [1.807, 2.05) is 43.5 Å². The third kappa shape index (κ3) is 5.45. The number of nitrogens with zero attached hydrogens (tertiary/aromatic N) is 2. The molecule has 0 saturated heterocycles. The van der Waals surface area contributed by atoms with E-state index in [-0.39, 0.29) is 0 Å². The number of aliphatic hydroxyl groups is 2. The molecule has 0 aliphatic heterocycles. The molecule has 138 valence electrons. The molecule has 0 saturated carbocycles. The molecule has 0 aliphatic rings. The van der Waals surface area contributed by atoms with Gasteiger partial charge in [0.15, 0.2) is 0 Å². The van der Waals surface area contributed by atoms with Crippen molar-refractivity contribution in [3.63, 3.8) is 0 Å². The van der Waals surface area contributed by atoms with E-state index in [0.29, 0.717) is 24.8 Å². The molecule has 25 heavy (non-hydrogen) atoms. The zero-order valence-corrected chi connectivity index (χ0v) is 14.9. The van der Waals surface area contributed by atoms with Crippen LogP contribution in [0.3, 0.4) is 0 Å². The van der Waals surface area contributed by atoms with Gasteiger partial charge < -0.3 is 25.0 Å². The van der Waals surface area contributed by atoms with Gasteiger partial charge in [-0.3, -0.25) is 4.68 Å². The Morgan fingerprint density at radius 2 is 2.04 bits per heavy atom. The normalized spacial score (nSPS) is 14.8. The van der Waals surface area contributed by atoms with Crippen molar-refractivity contribution in [2.24, 2.45) is 0 Å². The average Bonchev–Trinajstić information content (AvgIpc) is 3.07. The summed E-state index contributed by atoms with van der Waals surface area (Å²) in [6, 6.07) is 8.73. The van der Waals surface area contributed by atoms with E-state index in [9.17, 15) is 10.2 Å². The van der Waals surface area contributed by atoms with Crippen molar-refractivity contribution >= 4 is 5.82 Å². The van der Waals surface area contributed by atoms with Crippen molar-refractivity contribution in [2.75, 3.05) is 25.6 Å². The van der Waals surface area contributed by atoms with Crippen LogP contribution in [0.15, 0.2) is 36.5 Å². The summed E-state index contributed by atoms with van der Waals surface area (Å²) in [4.78, 5) is 0. The fourth-order valence-electron chi connectivity index (χ4n) is 2.46. The number of anilines is 1. The van der Waals surface area contributed by atoms with Gasteiger partial charge in [-0.2, -0.15) is 5.10 Å². The van der Waals surface area contributed by atoms with E-state index in [0.717, 1.165) is 12.1 Å². The Morgan fingerprint density at radius 1 is 1.24 bits per heavy atom. The van der Waals surface area contributed by atoms with Gasteiger partial charge in [-0.15, -0.1) is 0 Å². The maximum atomic E-state index is 10.5. The number of ether oxygens (including phenoxy) is 2. The SMILES string of the molecule is CCn1ccc(N[C@H](c2cccc(OCCOC)c2)[C@H](O)[C@H](C)O)n1. The first-order valence-corrected chi connectivity index (χ1v) is 8.43. The topological polar surface area (TPSA) is 88.8 Å². The van der Waals surface area contributed by atoms with Crippen LogP contribution in [0.4, 0.5) is 5.82 Å². The lowest BCUT2D eigenvalue weighted by molar-refractivity contribution is 0.0188. The number of aryl methyl sites for hydroxylation is 1. The van der Waals surface area contributed by atoms with Crippen LogP contribution in [-0.2, 0) is 11.3 Å². The summed E-state index contributed by atoms with van der Waals surface area (Å²) in [5, 5.41) is 27.9. The number of benzene rings is 1. The van der Waals surface area contributed by atoms with Crippen molar-refractivity contribution in [3.05, 3.63) is 42.1 Å². The highest BCUT2D eigenvalue weighted by atomic mass is 16.5. The lowest BCUT2D eigenvalue weighted by Gasteiger charge is -2.26. The second-order valence-corrected chi connectivity index (χ2v) is 5.82. The van der Waals surface area contributed by atoms with E-state index >= 15 is 0 Å². The van der Waals surface area contributed by atoms with Crippen LogP contribution in [0.1, 0.15) is 25.5 Å². The summed E-state index contributed by atoms with van der Waals surface area (Å²) in [7, 11) is 1.62. The maximum absolute atomic E-state index is 10.5. The molecule has 7 heteroatoms. The lowest BCUT2D eigenvalue weighted by Crippen LogP contribution is -2.34. The molecule has 0 fully saturated rings. The van der Waals surface area contributed by atoms with Crippen LogP contribution in [0.5, 0.6) is 5.75 Å². The van der Waals surface area contributed by atoms with Gasteiger partial charge in [0.2, 0.25) is 0 Å². The number of aromatic nitrogens is 2. The minimum atomic E-state index is -0.999. The van der Waals surface area contributed by atoms with Gasteiger partial charge in [-0.25, -0.2) is 0 Å². The Balaban J connectivity index is 2.21. The Hall–Kier alpha value is -2.09. The number of hydrogen-bond donors (Lipinski definition) is 3. The van der Waals surface area contributed by atoms with E-state index in [1.54, 1.807) is 18.7 Å². The molecule has 7 nitrogen and oxygen atoms in total. The minimum absolute atomic E-state index is 0.442. The molecule has 3 N–H and O–H groups in total. The number of aliphatic hydroxyl groups excluding tert-OH is 2. The number of rotatable bonds is 10. The second-order valence-electron chi connectivity index (χ2n) is 5.82. The largest absolute Gasteiger partial charge is 0.491 e. The first kappa shape index (κ1) is 19.2. The van der Waals surface area contributed by atoms with Gasteiger partial charge in [-0.1, -0.05) is 12.1 Å². The molecule has 1 aromatic heterocycles. The van der Waals surface area contributed by atoms with Gasteiger partial charge in [0, 0.05) is 25.9 Å². The molecule has 0 radical (unpaired) electrons. The maximum Gasteiger partial charge on any atom is 0.148 e. The molecule has 0 aliphatic carbocycles. The van der Waals surface area contributed by atoms with Gasteiger partial charge in [-0.05, 0) is 31.5 Å². The van der Waals surface area contributed by atoms with E-state index in [4.69, 9.17) is 9.47 Å². The summed E-state index contributed by atoms with van der Waals surface area (Å²) in [6.07, 6.45) is -0.0388. The summed E-state index contributed by atoms with van der Waals surface area (Å²) >= 11 is 0. The second kappa shape index (κ2) is 9.41. The quantitative estimate of drug-likeness (QED) is 0.567. The summed E-state index contributed by atoms with van der Waals surface area (Å²) in [5.74, 6) is 1.32. The zero-order valence-electron chi connectivity index (χ0n) is 14.9. The van der Waals surface area contributed by atoms with E-state index in [1.165, 1.54) is 0 Å². The van der Waals surface area contributed by atoms with Crippen LogP contribution in [0.2, 0.25) is 0 Å². The summed E-state index contributed by atoms with van der Waals surface area (Å²) in [6.45, 7) is 5.26. The van der Waals surface area contributed by atoms with Gasteiger partial charge in [0.25, 0.3) is 0 Å². The van der Waals surface area contributed by atoms with Crippen LogP contribution in [0.25, 0.3) is 0 Å². The minimum Gasteiger partial charge on any atom is -0.491 e. The molecule has 3 atom stereocenters. The average molecular weight is 349 g/mol. The zero-order chi connectivity index (χ0) is 18.2. The summed E-state index contributed by atoms with van der Waals surface area (Å²) < 4.78 is 12.4. The molecule has 0 spiro atoms. The van der Waals surface area contributed by atoms with Crippen molar-refractivity contribution in [3.8, 4) is 5.75 Å². The Labute approximate surface area is 148 Å². The molecular formula is C18H27N3O4. The van der Waals surface area contributed by atoms with Crippen LogP contribution in [-0.4, -0.2) is 52.5 Å². The van der Waals surface area contributed by atoms with Crippen molar-refractivity contribution < 1.29 is 19.7 Å². The van der Waals surface area contributed by atoms with Gasteiger partial charge >= 0.3 is 0 Å². The third-order valence-electron chi connectivity index (χ3n) is 3.88. The number of nitrogens with one attached hydrogen (secondary N) is 1. The summed E-state index contributed by atoms with van der Waals surface area (Å²) in [5.41, 5.74) is 0.800. The standard InChI is InChI=1S/C18H27N3O4/c1-4-21-9-8-16(20-21)19-17(18(23)13(2)22)14-6-5-7-15(12-14)25-11-10-24-3/h5-9,12-13,17-18,22-23H,4,10-11H2,1-3H3,(H,19,20)/t13-,17+,18+/m0/s1. The van der Waals surface area contributed by atoms with Gasteiger partial charge in [0.05, 0.1) is 18.8 Å². The highest BCUT2D eigenvalue weighted by molar-refractivity contribution is 5.40. The van der Waals surface area contributed by atoms with E-state index < -0.39 is 18.2 Å². The predicted molar refractivity (Wildman–Crippen MR) is 95.8 cm³/mol. The van der Waals surface area contributed by atoms with E-state index in [2.05, 4.69) is 10.4 Å². The van der Waals surface area contributed by atoms with Crippen LogP contribution in [0, 0.1) is 0 Å². The third-order valence-corrected chi connectivity index (χ3v) is 3.88. The van der Waals surface area contributed by atoms with Crippen LogP contribution < -0.4 is 10.1 Å². The molecule has 2 rings (SSSR count). The molecule has 2 aromatic rings. The molecule has 1 heterocycles. The highest BCUT2D eigenvalue weighted by Crippen LogP contribution is 2.27. The van der Waals surface area contributed by atoms with Crippen molar-refractivity contribution in [2.45, 2.75) is 38.6 Å². The fourth-order valence-corrected chi connectivity index (χ4v) is 2.46. The van der Waals surface area contributed by atoms with Crippen LogP contribution >= 0.6 is 0 Å². The molecule has 0 amide bonds. The lowest BCUT2D eigenvalue weighted by atomic mass is 9.98. The Kier molecular flexibility index (Phi) is 7.24. The Bertz CT molecular complexity index is 645. The Morgan fingerprint density at radius 3 is 2.68 bits per heavy atom. The predicted octanol–water partition coefficient (Wildman–Crippen LogP) is 1.82. The molecule has 0 unspecified atom stereocenters.